The number of carbonyl (C=O) groups excluding carboxylic acids is 1. The molecule has 0 saturated carbocycles. The average molecular weight is 288 g/mol. The van der Waals surface area contributed by atoms with Crippen molar-refractivity contribution in [2.75, 3.05) is 11.2 Å². The Bertz CT molecular complexity index is 527. The van der Waals surface area contributed by atoms with Crippen LogP contribution in [0.4, 0.5) is 5.13 Å². The molecule has 0 bridgehead atoms. The lowest BCUT2D eigenvalue weighted by atomic mass is 10.2. The summed E-state index contributed by atoms with van der Waals surface area (Å²) in [6.07, 6.45) is 0. The van der Waals surface area contributed by atoms with Crippen LogP contribution < -0.4 is 5.32 Å². The predicted molar refractivity (Wildman–Crippen MR) is 69.7 cm³/mol. The summed E-state index contributed by atoms with van der Waals surface area (Å²) in [6, 6.07) is 7.15. The molecule has 1 N–H and O–H groups in total. The number of rotatable bonds is 3. The van der Waals surface area contributed by atoms with Gasteiger partial charge in [0.15, 0.2) is 5.82 Å². The van der Waals surface area contributed by atoms with Crippen LogP contribution >= 0.6 is 34.7 Å². The third kappa shape index (κ3) is 3.15. The highest BCUT2D eigenvalue weighted by Gasteiger charge is 2.08. The fourth-order valence-corrected chi connectivity index (χ4v) is 1.94. The van der Waals surface area contributed by atoms with Crippen molar-refractivity contribution < 1.29 is 4.79 Å². The van der Waals surface area contributed by atoms with Crippen molar-refractivity contribution in [3.05, 3.63) is 29.3 Å². The van der Waals surface area contributed by atoms with Crippen molar-refractivity contribution >= 4 is 45.8 Å². The van der Waals surface area contributed by atoms with Crippen molar-refractivity contribution in [2.45, 2.75) is 0 Å². The van der Waals surface area contributed by atoms with E-state index in [9.17, 15) is 4.79 Å². The molecule has 0 radical (unpaired) electrons. The van der Waals surface area contributed by atoms with Crippen molar-refractivity contribution in [2.24, 2.45) is 0 Å². The van der Waals surface area contributed by atoms with Crippen LogP contribution in [0.2, 0.25) is 5.02 Å². The highest BCUT2D eigenvalue weighted by molar-refractivity contribution is 7.10. The molecule has 7 heteroatoms. The largest absolute Gasteiger partial charge is 0.300 e. The van der Waals surface area contributed by atoms with Gasteiger partial charge in [0.1, 0.15) is 5.88 Å². The molecular weight excluding hydrogens is 281 g/mol. The van der Waals surface area contributed by atoms with E-state index in [1.165, 1.54) is 0 Å². The molecule has 17 heavy (non-hydrogen) atoms. The number of benzene rings is 1. The quantitative estimate of drug-likeness (QED) is 0.883. The molecule has 0 aliphatic heterocycles. The van der Waals surface area contributed by atoms with Crippen LogP contribution in [-0.2, 0) is 4.79 Å². The van der Waals surface area contributed by atoms with Crippen molar-refractivity contribution in [1.82, 2.24) is 9.36 Å². The van der Waals surface area contributed by atoms with E-state index >= 15 is 0 Å². The maximum atomic E-state index is 11.1. The van der Waals surface area contributed by atoms with Crippen LogP contribution in [0, 0.1) is 0 Å². The summed E-state index contributed by atoms with van der Waals surface area (Å²) in [7, 11) is 0. The Morgan fingerprint density at radius 1 is 1.35 bits per heavy atom. The smallest absolute Gasteiger partial charge is 0.241 e. The maximum absolute atomic E-state index is 11.1. The second-order valence-electron chi connectivity index (χ2n) is 3.11. The van der Waals surface area contributed by atoms with E-state index in [4.69, 9.17) is 23.2 Å². The highest BCUT2D eigenvalue weighted by Crippen LogP contribution is 2.22. The zero-order valence-electron chi connectivity index (χ0n) is 8.48. The van der Waals surface area contributed by atoms with Crippen LogP contribution in [0.1, 0.15) is 0 Å². The first-order valence-electron chi connectivity index (χ1n) is 4.64. The lowest BCUT2D eigenvalue weighted by Crippen LogP contribution is -2.12. The molecule has 4 nitrogen and oxygen atoms in total. The molecule has 0 unspecified atom stereocenters. The molecule has 1 amide bonds. The van der Waals surface area contributed by atoms with Gasteiger partial charge in [-0.1, -0.05) is 11.6 Å². The number of alkyl halides is 1. The van der Waals surface area contributed by atoms with Gasteiger partial charge in [0.05, 0.1) is 0 Å². The van der Waals surface area contributed by atoms with E-state index < -0.39 is 0 Å². The Morgan fingerprint density at radius 3 is 2.71 bits per heavy atom. The average Bonchev–Trinajstić information content (AvgIpc) is 2.78. The minimum absolute atomic E-state index is 0.101. The number of halogens is 2. The predicted octanol–water partition coefficient (Wildman–Crippen LogP) is 3.04. The number of hydrogen-bond acceptors (Lipinski definition) is 4. The van der Waals surface area contributed by atoms with Crippen LogP contribution in [0.5, 0.6) is 0 Å². The number of amides is 1. The summed E-state index contributed by atoms with van der Waals surface area (Å²) in [6.45, 7) is 0. The number of nitrogens with zero attached hydrogens (tertiary/aromatic N) is 2. The summed E-state index contributed by atoms with van der Waals surface area (Å²) in [5.74, 6) is 0.151. The number of anilines is 1. The minimum Gasteiger partial charge on any atom is -0.300 e. The van der Waals surface area contributed by atoms with Gasteiger partial charge in [0.2, 0.25) is 11.0 Å². The third-order valence-corrected chi connectivity index (χ3v) is 3.02. The summed E-state index contributed by atoms with van der Waals surface area (Å²) >= 11 is 12.3. The second kappa shape index (κ2) is 5.44. The standard InChI is InChI=1S/C10H7Cl2N3OS/c11-5-8(16)13-10-14-9(15-17-10)6-1-3-7(12)4-2-6/h1-4H,5H2,(H,13,14,15,16). The van der Waals surface area contributed by atoms with Crippen LogP contribution in [0.15, 0.2) is 24.3 Å². The first-order valence-corrected chi connectivity index (χ1v) is 6.33. The SMILES string of the molecule is O=C(CCl)Nc1nc(-c2ccc(Cl)cc2)ns1. The molecule has 0 spiro atoms. The van der Waals surface area contributed by atoms with Gasteiger partial charge in [-0.2, -0.15) is 9.36 Å². The third-order valence-electron chi connectivity index (χ3n) is 1.90. The van der Waals surface area contributed by atoms with E-state index in [1.54, 1.807) is 12.1 Å². The van der Waals surface area contributed by atoms with Crippen molar-refractivity contribution in [3.8, 4) is 11.4 Å². The normalized spacial score (nSPS) is 10.2. The van der Waals surface area contributed by atoms with E-state index in [0.717, 1.165) is 17.1 Å². The van der Waals surface area contributed by atoms with Gasteiger partial charge in [-0.3, -0.25) is 10.1 Å². The molecule has 0 aliphatic carbocycles. The number of hydrogen-bond donors (Lipinski definition) is 1. The number of aromatic nitrogens is 2. The molecule has 1 aromatic heterocycles. The van der Waals surface area contributed by atoms with Gasteiger partial charge in [-0.15, -0.1) is 11.6 Å². The summed E-state index contributed by atoms with van der Waals surface area (Å²) in [5.41, 5.74) is 0.844. The van der Waals surface area contributed by atoms with Gasteiger partial charge in [0.25, 0.3) is 0 Å². The highest BCUT2D eigenvalue weighted by atomic mass is 35.5. The lowest BCUT2D eigenvalue weighted by molar-refractivity contribution is -0.113. The molecule has 0 aliphatic rings. The summed E-state index contributed by atoms with van der Waals surface area (Å²) in [5, 5.41) is 3.62. The molecule has 2 rings (SSSR count). The maximum Gasteiger partial charge on any atom is 0.241 e. The summed E-state index contributed by atoms with van der Waals surface area (Å²) < 4.78 is 4.13. The molecular formula is C10H7Cl2N3OS. The fourth-order valence-electron chi connectivity index (χ4n) is 1.14. The first kappa shape index (κ1) is 12.3. The van der Waals surface area contributed by atoms with Crippen LogP contribution in [0.3, 0.4) is 0 Å². The van der Waals surface area contributed by atoms with E-state index in [-0.39, 0.29) is 11.8 Å². The van der Waals surface area contributed by atoms with Crippen molar-refractivity contribution in [1.29, 1.82) is 0 Å². The fraction of sp³-hybridized carbons (Fsp3) is 0.100. The van der Waals surface area contributed by atoms with Crippen molar-refractivity contribution in [3.63, 3.8) is 0 Å². The molecule has 88 valence electrons. The Labute approximate surface area is 112 Å². The molecule has 0 fully saturated rings. The Balaban J connectivity index is 2.18. The molecule has 2 aromatic rings. The van der Waals surface area contributed by atoms with Crippen LogP contribution in [-0.4, -0.2) is 21.1 Å². The molecule has 1 heterocycles. The first-order chi connectivity index (χ1) is 8.19. The topological polar surface area (TPSA) is 54.9 Å². The molecule has 0 atom stereocenters. The van der Waals surface area contributed by atoms with E-state index in [1.807, 2.05) is 12.1 Å². The number of carbonyl (C=O) groups is 1. The monoisotopic (exact) mass is 287 g/mol. The minimum atomic E-state index is -0.300. The zero-order chi connectivity index (χ0) is 12.3. The lowest BCUT2D eigenvalue weighted by Gasteiger charge is -1.96. The van der Waals surface area contributed by atoms with Gasteiger partial charge in [-0.25, -0.2) is 0 Å². The molecule has 1 aromatic carbocycles. The van der Waals surface area contributed by atoms with Crippen LogP contribution in [0.25, 0.3) is 11.4 Å². The molecule has 0 saturated heterocycles. The zero-order valence-corrected chi connectivity index (χ0v) is 10.8. The number of nitrogens with one attached hydrogen (secondary N) is 1. The van der Waals surface area contributed by atoms with Gasteiger partial charge < -0.3 is 0 Å². The Kier molecular flexibility index (Phi) is 3.93. The van der Waals surface area contributed by atoms with Gasteiger partial charge >= 0.3 is 0 Å². The van der Waals surface area contributed by atoms with E-state index in [0.29, 0.717) is 16.0 Å². The Hall–Kier alpha value is -1.17. The second-order valence-corrected chi connectivity index (χ2v) is 4.57. The Morgan fingerprint density at radius 2 is 2.06 bits per heavy atom. The van der Waals surface area contributed by atoms with E-state index in [2.05, 4.69) is 14.7 Å². The van der Waals surface area contributed by atoms with Gasteiger partial charge in [0, 0.05) is 22.1 Å². The summed E-state index contributed by atoms with van der Waals surface area (Å²) in [4.78, 5) is 15.2. The van der Waals surface area contributed by atoms with Gasteiger partial charge in [-0.05, 0) is 24.3 Å².